The summed E-state index contributed by atoms with van der Waals surface area (Å²) in [5.74, 6) is -0.857. The maximum Gasteiger partial charge on any atom is 0.197 e. The maximum atomic E-state index is 12.6. The molecule has 0 spiro atoms. The van der Waals surface area contributed by atoms with Crippen LogP contribution in [0, 0.1) is 0 Å². The number of benzene rings is 1. The average molecular weight is 328 g/mol. The van der Waals surface area contributed by atoms with E-state index < -0.39 is 35.4 Å². The highest BCUT2D eigenvalue weighted by Crippen LogP contribution is 2.35. The molecule has 0 radical (unpaired) electrons. The number of nitrogens with one attached hydrogen (secondary N) is 2. The monoisotopic (exact) mass is 328 g/mol. The van der Waals surface area contributed by atoms with Crippen LogP contribution >= 0.6 is 0 Å². The summed E-state index contributed by atoms with van der Waals surface area (Å²) in [6.07, 6.45) is -1.89. The lowest BCUT2D eigenvalue weighted by Gasteiger charge is -2.49. The van der Waals surface area contributed by atoms with Crippen LogP contribution < -0.4 is 10.9 Å². The van der Waals surface area contributed by atoms with E-state index in [0.717, 1.165) is 13.8 Å². The third-order valence-corrected chi connectivity index (χ3v) is 4.14. The fourth-order valence-corrected chi connectivity index (χ4v) is 2.31. The Kier molecular flexibility index (Phi) is 6.00. The van der Waals surface area contributed by atoms with Crippen LogP contribution in [0.1, 0.15) is 24.2 Å². The predicted molar refractivity (Wildman–Crippen MR) is 82.3 cm³/mol. The van der Waals surface area contributed by atoms with Gasteiger partial charge in [0.2, 0.25) is 0 Å². The highest BCUT2D eigenvalue weighted by Gasteiger charge is 2.63. The summed E-state index contributed by atoms with van der Waals surface area (Å²) in [7, 11) is 1.35. The van der Waals surface area contributed by atoms with Gasteiger partial charge in [-0.05, 0) is 20.9 Å². The van der Waals surface area contributed by atoms with E-state index in [9.17, 15) is 25.2 Å². The second kappa shape index (κ2) is 7.02. The molecule has 130 valence electrons. The first-order chi connectivity index (χ1) is 10.6. The van der Waals surface area contributed by atoms with Gasteiger partial charge in [0.15, 0.2) is 17.1 Å². The molecule has 0 aliphatic heterocycles. The Morgan fingerprint density at radius 3 is 2.13 bits per heavy atom. The summed E-state index contributed by atoms with van der Waals surface area (Å²) in [6, 6.07) is 7.73. The van der Waals surface area contributed by atoms with Gasteiger partial charge in [-0.3, -0.25) is 10.2 Å². The normalized spacial score (nSPS) is 20.9. The quantitative estimate of drug-likeness (QED) is 0.167. The molecule has 4 atom stereocenters. The van der Waals surface area contributed by atoms with E-state index in [4.69, 9.17) is 5.11 Å². The number of aliphatic hydroxyl groups is 5. The molecule has 0 saturated carbocycles. The second-order valence-corrected chi connectivity index (χ2v) is 5.68. The minimum Gasteiger partial charge on any atom is -0.394 e. The molecule has 0 heterocycles. The summed E-state index contributed by atoms with van der Waals surface area (Å²) < 4.78 is 0. The molecule has 0 fully saturated rings. The largest absolute Gasteiger partial charge is 0.394 e. The van der Waals surface area contributed by atoms with E-state index in [1.54, 1.807) is 18.2 Å². The fraction of sp³-hybridized carbons (Fsp3) is 0.533. The first kappa shape index (κ1) is 19.7. The lowest BCUT2D eigenvalue weighted by Crippen LogP contribution is -2.78. The smallest absolute Gasteiger partial charge is 0.197 e. The molecule has 0 aliphatic rings. The SMILES string of the molecule is CNN[C@@](O)([C@H](O)CO)[C@](C)(O)[C@@](C)(O)C(=O)c1ccccc1. The number of hydrogen-bond donors (Lipinski definition) is 7. The number of carbonyl (C=O) groups is 1. The number of rotatable bonds is 8. The molecule has 1 rings (SSSR count). The van der Waals surface area contributed by atoms with Gasteiger partial charge in [-0.25, -0.2) is 5.43 Å². The molecule has 0 bridgehead atoms. The zero-order chi connectivity index (χ0) is 17.9. The molecular formula is C15H24N2O6. The van der Waals surface area contributed by atoms with Crippen LogP contribution in [-0.4, -0.2) is 68.0 Å². The van der Waals surface area contributed by atoms with E-state index in [1.807, 2.05) is 0 Å². The van der Waals surface area contributed by atoms with Crippen molar-refractivity contribution in [3.63, 3.8) is 0 Å². The standard InChI is InChI=1S/C15H24N2O6/c1-13(21,12(20)10-7-5-4-6-8-10)14(2,22)15(23,17-16-3)11(19)9-18/h4-8,11,16-19,21-23H,9H2,1-3H3/t11-,13+,14-,15-/m1/s1. The van der Waals surface area contributed by atoms with Crippen molar-refractivity contribution in [3.8, 4) is 0 Å². The van der Waals surface area contributed by atoms with E-state index in [2.05, 4.69) is 10.9 Å². The van der Waals surface area contributed by atoms with Crippen molar-refractivity contribution < 1.29 is 30.3 Å². The highest BCUT2D eigenvalue weighted by atomic mass is 16.4. The van der Waals surface area contributed by atoms with E-state index in [0.29, 0.717) is 0 Å². The molecule has 1 aromatic carbocycles. The number of carbonyl (C=O) groups excluding carboxylic acids is 1. The van der Waals surface area contributed by atoms with Gasteiger partial charge in [0.05, 0.1) is 6.61 Å². The van der Waals surface area contributed by atoms with Crippen LogP contribution in [0.4, 0.5) is 0 Å². The molecule has 0 aliphatic carbocycles. The van der Waals surface area contributed by atoms with Gasteiger partial charge in [0.25, 0.3) is 0 Å². The summed E-state index contributed by atoms with van der Waals surface area (Å²) in [5.41, 5.74) is -3.04. The molecule has 0 amide bonds. The zero-order valence-electron chi connectivity index (χ0n) is 13.3. The van der Waals surface area contributed by atoms with Crippen molar-refractivity contribution in [1.29, 1.82) is 0 Å². The summed E-state index contributed by atoms with van der Waals surface area (Å²) in [6.45, 7) is 1.09. The van der Waals surface area contributed by atoms with Crippen LogP contribution in [0.3, 0.4) is 0 Å². The molecule has 1 aromatic rings. The van der Waals surface area contributed by atoms with E-state index in [1.165, 1.54) is 19.2 Å². The molecule has 0 saturated heterocycles. The van der Waals surface area contributed by atoms with Crippen LogP contribution in [0.5, 0.6) is 0 Å². The number of hydrazine groups is 1. The van der Waals surface area contributed by atoms with Gasteiger partial charge >= 0.3 is 0 Å². The fourth-order valence-electron chi connectivity index (χ4n) is 2.31. The van der Waals surface area contributed by atoms with E-state index >= 15 is 0 Å². The summed E-state index contributed by atoms with van der Waals surface area (Å²) in [5, 5.41) is 51.0. The third kappa shape index (κ3) is 3.29. The third-order valence-electron chi connectivity index (χ3n) is 4.14. The number of hydrogen-bond acceptors (Lipinski definition) is 8. The van der Waals surface area contributed by atoms with Crippen LogP contribution in [0.2, 0.25) is 0 Å². The zero-order valence-corrected chi connectivity index (χ0v) is 13.3. The van der Waals surface area contributed by atoms with Crippen LogP contribution in [0.15, 0.2) is 30.3 Å². The minimum absolute atomic E-state index is 0.114. The van der Waals surface area contributed by atoms with Gasteiger partial charge in [-0.1, -0.05) is 30.3 Å². The lowest BCUT2D eigenvalue weighted by molar-refractivity contribution is -0.268. The summed E-state index contributed by atoms with van der Waals surface area (Å²) in [4.78, 5) is 12.6. The van der Waals surface area contributed by atoms with Crippen molar-refractivity contribution in [2.45, 2.75) is 36.9 Å². The predicted octanol–water partition coefficient (Wildman–Crippen LogP) is -1.86. The second-order valence-electron chi connectivity index (χ2n) is 5.68. The van der Waals surface area contributed by atoms with Crippen molar-refractivity contribution >= 4 is 5.78 Å². The Labute approximate surface area is 134 Å². The molecule has 23 heavy (non-hydrogen) atoms. The maximum absolute atomic E-state index is 12.6. The minimum atomic E-state index is -2.62. The van der Waals surface area contributed by atoms with Gasteiger partial charge in [0, 0.05) is 5.56 Å². The van der Waals surface area contributed by atoms with Crippen LogP contribution in [-0.2, 0) is 0 Å². The number of aliphatic hydroxyl groups excluding tert-OH is 2. The summed E-state index contributed by atoms with van der Waals surface area (Å²) >= 11 is 0. The Morgan fingerprint density at radius 2 is 1.70 bits per heavy atom. The highest BCUT2D eigenvalue weighted by molar-refractivity contribution is 6.03. The molecule has 8 nitrogen and oxygen atoms in total. The van der Waals surface area contributed by atoms with Crippen molar-refractivity contribution in [3.05, 3.63) is 35.9 Å². The molecule has 7 N–H and O–H groups in total. The Morgan fingerprint density at radius 1 is 1.17 bits per heavy atom. The van der Waals surface area contributed by atoms with Crippen molar-refractivity contribution in [2.75, 3.05) is 13.7 Å². The van der Waals surface area contributed by atoms with Crippen LogP contribution in [0.25, 0.3) is 0 Å². The Bertz CT molecular complexity index is 534. The van der Waals surface area contributed by atoms with Gasteiger partial charge in [0.1, 0.15) is 11.7 Å². The first-order valence-corrected chi connectivity index (χ1v) is 7.06. The van der Waals surface area contributed by atoms with Gasteiger partial charge < -0.3 is 25.5 Å². The number of ketones is 1. The van der Waals surface area contributed by atoms with Gasteiger partial charge in [-0.2, -0.15) is 0 Å². The topological polar surface area (TPSA) is 142 Å². The average Bonchev–Trinajstić information content (AvgIpc) is 2.53. The molecular weight excluding hydrogens is 304 g/mol. The molecule has 0 unspecified atom stereocenters. The van der Waals surface area contributed by atoms with Gasteiger partial charge in [-0.15, -0.1) is 0 Å². The van der Waals surface area contributed by atoms with Crippen molar-refractivity contribution in [2.24, 2.45) is 0 Å². The van der Waals surface area contributed by atoms with Crippen molar-refractivity contribution in [1.82, 2.24) is 10.9 Å². The molecule has 8 heteroatoms. The Balaban J connectivity index is 3.33. The number of Topliss-reactive ketones (excluding diaryl/α,β-unsaturated/α-hetero) is 1. The van der Waals surface area contributed by atoms with E-state index in [-0.39, 0.29) is 5.56 Å². The molecule has 0 aromatic heterocycles. The first-order valence-electron chi connectivity index (χ1n) is 7.06. The Hall–Kier alpha value is -1.39. The lowest BCUT2D eigenvalue weighted by atomic mass is 9.71.